The first kappa shape index (κ1) is 15.9. The summed E-state index contributed by atoms with van der Waals surface area (Å²) in [7, 11) is 0. The maximum Gasteiger partial charge on any atom is 0.272 e. The van der Waals surface area contributed by atoms with Gasteiger partial charge < -0.3 is 10.2 Å². The number of amides is 2. The molecule has 6 heteroatoms. The molecule has 0 saturated carbocycles. The van der Waals surface area contributed by atoms with E-state index in [1.54, 1.807) is 4.90 Å². The molecular formula is C19H22N4O2. The maximum absolute atomic E-state index is 12.6. The number of rotatable bonds is 3. The zero-order valence-corrected chi connectivity index (χ0v) is 14.2. The highest BCUT2D eigenvalue weighted by Gasteiger charge is 2.25. The number of fused-ring (bicyclic) bond motifs is 2. The number of hydrogen-bond acceptors (Lipinski definition) is 3. The van der Waals surface area contributed by atoms with Gasteiger partial charge >= 0.3 is 0 Å². The van der Waals surface area contributed by atoms with E-state index < -0.39 is 0 Å². The number of H-pyrrole nitrogens is 1. The van der Waals surface area contributed by atoms with Gasteiger partial charge in [0, 0.05) is 23.5 Å². The Hall–Kier alpha value is -2.63. The number of nitrogens with zero attached hydrogens (tertiary/aromatic N) is 2. The van der Waals surface area contributed by atoms with E-state index in [2.05, 4.69) is 21.6 Å². The van der Waals surface area contributed by atoms with Crippen molar-refractivity contribution in [2.75, 3.05) is 18.0 Å². The van der Waals surface area contributed by atoms with Crippen LogP contribution >= 0.6 is 0 Å². The summed E-state index contributed by atoms with van der Waals surface area (Å²) in [5.41, 5.74) is 4.67. The summed E-state index contributed by atoms with van der Waals surface area (Å²) in [4.78, 5) is 26.8. The highest BCUT2D eigenvalue weighted by Crippen LogP contribution is 2.26. The van der Waals surface area contributed by atoms with Crippen molar-refractivity contribution in [3.05, 3.63) is 46.8 Å². The molecule has 1 aromatic heterocycles. The van der Waals surface area contributed by atoms with Gasteiger partial charge in [-0.2, -0.15) is 5.10 Å². The standard InChI is InChI=1S/C19H22N4O2/c24-17(23-11-5-7-13-6-1-4-10-16(13)23)12-20-19(25)18-14-8-2-3-9-15(14)21-22-18/h1,4,6,10H,2-3,5,7-9,11-12H2,(H,20,25)(H,21,22). The quantitative estimate of drug-likeness (QED) is 0.898. The fraction of sp³-hybridized carbons (Fsp3) is 0.421. The molecule has 1 aromatic carbocycles. The molecule has 0 atom stereocenters. The fourth-order valence-electron chi connectivity index (χ4n) is 3.80. The van der Waals surface area contributed by atoms with Crippen LogP contribution in [0.2, 0.25) is 0 Å². The molecule has 1 aliphatic carbocycles. The zero-order chi connectivity index (χ0) is 17.2. The van der Waals surface area contributed by atoms with Crippen LogP contribution in [0.3, 0.4) is 0 Å². The van der Waals surface area contributed by atoms with E-state index in [0.29, 0.717) is 12.2 Å². The minimum Gasteiger partial charge on any atom is -0.342 e. The summed E-state index contributed by atoms with van der Waals surface area (Å²) in [6.07, 6.45) is 5.97. The Labute approximate surface area is 146 Å². The molecule has 2 aliphatic rings. The number of aromatic amines is 1. The topological polar surface area (TPSA) is 78.1 Å². The minimum atomic E-state index is -0.266. The summed E-state index contributed by atoms with van der Waals surface area (Å²) in [6, 6.07) is 7.97. The highest BCUT2D eigenvalue weighted by atomic mass is 16.2. The van der Waals surface area contributed by atoms with Gasteiger partial charge in [0.2, 0.25) is 5.91 Å². The molecule has 0 unspecified atom stereocenters. The van der Waals surface area contributed by atoms with Crippen LogP contribution in [0.25, 0.3) is 0 Å². The van der Waals surface area contributed by atoms with Gasteiger partial charge in [0.25, 0.3) is 5.91 Å². The smallest absolute Gasteiger partial charge is 0.272 e. The third-order valence-corrected chi connectivity index (χ3v) is 5.08. The molecule has 6 nitrogen and oxygen atoms in total. The number of carbonyl (C=O) groups excluding carboxylic acids is 2. The van der Waals surface area contributed by atoms with E-state index in [1.807, 2.05) is 18.2 Å². The van der Waals surface area contributed by atoms with Crippen molar-refractivity contribution >= 4 is 17.5 Å². The van der Waals surface area contributed by atoms with Crippen molar-refractivity contribution in [3.8, 4) is 0 Å². The second-order valence-corrected chi connectivity index (χ2v) is 6.70. The van der Waals surface area contributed by atoms with Gasteiger partial charge in [-0.25, -0.2) is 0 Å². The Bertz CT molecular complexity index is 812. The lowest BCUT2D eigenvalue weighted by Crippen LogP contribution is -2.42. The molecule has 2 amide bonds. The molecule has 2 aromatic rings. The molecule has 1 aliphatic heterocycles. The molecular weight excluding hydrogens is 316 g/mol. The normalized spacial score (nSPS) is 16.1. The largest absolute Gasteiger partial charge is 0.342 e. The lowest BCUT2D eigenvalue weighted by molar-refractivity contribution is -0.117. The van der Waals surface area contributed by atoms with E-state index in [0.717, 1.165) is 55.5 Å². The summed E-state index contributed by atoms with van der Waals surface area (Å²) in [5.74, 6) is -0.344. The highest BCUT2D eigenvalue weighted by molar-refractivity contribution is 6.00. The van der Waals surface area contributed by atoms with Gasteiger partial charge in [0.15, 0.2) is 5.69 Å². The van der Waals surface area contributed by atoms with Gasteiger partial charge in [0.1, 0.15) is 0 Å². The number of benzene rings is 1. The number of anilines is 1. The van der Waals surface area contributed by atoms with Crippen molar-refractivity contribution in [2.45, 2.75) is 38.5 Å². The zero-order valence-electron chi connectivity index (χ0n) is 14.2. The van der Waals surface area contributed by atoms with Crippen LogP contribution in [-0.2, 0) is 24.1 Å². The Morgan fingerprint density at radius 2 is 1.96 bits per heavy atom. The second kappa shape index (κ2) is 6.70. The van der Waals surface area contributed by atoms with Gasteiger partial charge in [0.05, 0.1) is 6.54 Å². The van der Waals surface area contributed by atoms with Crippen LogP contribution < -0.4 is 10.2 Å². The Kier molecular flexibility index (Phi) is 4.26. The molecule has 2 heterocycles. The number of hydrogen-bond donors (Lipinski definition) is 2. The van der Waals surface area contributed by atoms with E-state index in [1.165, 1.54) is 5.56 Å². The van der Waals surface area contributed by atoms with Crippen LogP contribution in [0, 0.1) is 0 Å². The van der Waals surface area contributed by atoms with E-state index in [-0.39, 0.29) is 18.4 Å². The summed E-state index contributed by atoms with van der Waals surface area (Å²) in [5, 5.41) is 9.88. The number of nitrogens with one attached hydrogen (secondary N) is 2. The maximum atomic E-state index is 12.6. The van der Waals surface area contributed by atoms with Crippen molar-refractivity contribution < 1.29 is 9.59 Å². The summed E-state index contributed by atoms with van der Waals surface area (Å²) < 4.78 is 0. The molecule has 25 heavy (non-hydrogen) atoms. The Balaban J connectivity index is 1.43. The van der Waals surface area contributed by atoms with Gasteiger partial charge in [-0.3, -0.25) is 14.7 Å². The molecule has 130 valence electrons. The van der Waals surface area contributed by atoms with Crippen LogP contribution in [-0.4, -0.2) is 35.1 Å². The Morgan fingerprint density at radius 1 is 1.12 bits per heavy atom. The number of aromatic nitrogens is 2. The molecule has 4 rings (SSSR count). The van der Waals surface area contributed by atoms with Gasteiger partial charge in [-0.15, -0.1) is 0 Å². The van der Waals surface area contributed by atoms with E-state index in [9.17, 15) is 9.59 Å². The average Bonchev–Trinajstić information content (AvgIpc) is 3.09. The summed E-state index contributed by atoms with van der Waals surface area (Å²) in [6.45, 7) is 0.693. The van der Waals surface area contributed by atoms with Gasteiger partial charge in [-0.05, 0) is 50.2 Å². The first-order valence-electron chi connectivity index (χ1n) is 8.96. The fourth-order valence-corrected chi connectivity index (χ4v) is 3.80. The summed E-state index contributed by atoms with van der Waals surface area (Å²) >= 11 is 0. The second-order valence-electron chi connectivity index (χ2n) is 6.70. The van der Waals surface area contributed by atoms with Crippen molar-refractivity contribution in [1.29, 1.82) is 0 Å². The number of para-hydroxylation sites is 1. The minimum absolute atomic E-state index is 0.00516. The molecule has 0 saturated heterocycles. The predicted octanol–water partition coefficient (Wildman–Crippen LogP) is 2.00. The van der Waals surface area contributed by atoms with Crippen LogP contribution in [0.15, 0.2) is 24.3 Å². The lowest BCUT2D eigenvalue weighted by atomic mass is 9.96. The Morgan fingerprint density at radius 3 is 2.88 bits per heavy atom. The molecule has 0 fully saturated rings. The van der Waals surface area contributed by atoms with Crippen molar-refractivity contribution in [3.63, 3.8) is 0 Å². The third-order valence-electron chi connectivity index (χ3n) is 5.08. The molecule has 2 N–H and O–H groups in total. The molecule has 0 spiro atoms. The average molecular weight is 338 g/mol. The molecule has 0 bridgehead atoms. The van der Waals surface area contributed by atoms with Crippen molar-refractivity contribution in [1.82, 2.24) is 15.5 Å². The molecule has 0 radical (unpaired) electrons. The van der Waals surface area contributed by atoms with Crippen LogP contribution in [0.5, 0.6) is 0 Å². The predicted molar refractivity (Wildman–Crippen MR) is 94.7 cm³/mol. The number of aryl methyl sites for hydroxylation is 2. The van der Waals surface area contributed by atoms with E-state index >= 15 is 0 Å². The van der Waals surface area contributed by atoms with Gasteiger partial charge in [-0.1, -0.05) is 18.2 Å². The monoisotopic (exact) mass is 338 g/mol. The van der Waals surface area contributed by atoms with Crippen LogP contribution in [0.1, 0.15) is 46.6 Å². The first-order chi connectivity index (χ1) is 12.2. The first-order valence-corrected chi connectivity index (χ1v) is 8.96. The lowest BCUT2D eigenvalue weighted by Gasteiger charge is -2.29. The van der Waals surface area contributed by atoms with Crippen molar-refractivity contribution in [2.24, 2.45) is 0 Å². The number of carbonyl (C=O) groups is 2. The van der Waals surface area contributed by atoms with E-state index in [4.69, 9.17) is 0 Å². The SMILES string of the molecule is O=C(NCC(=O)N1CCCc2ccccc21)c1n[nH]c2c1CCCC2. The third kappa shape index (κ3) is 3.04. The van der Waals surface area contributed by atoms with Crippen LogP contribution in [0.4, 0.5) is 5.69 Å².